The van der Waals surface area contributed by atoms with Gasteiger partial charge in [-0.05, 0) is 36.5 Å². The van der Waals surface area contributed by atoms with Gasteiger partial charge >= 0.3 is 0 Å². The van der Waals surface area contributed by atoms with Crippen LogP contribution in [-0.2, 0) is 6.54 Å². The highest BCUT2D eigenvalue weighted by Gasteiger charge is 2.06. The van der Waals surface area contributed by atoms with Crippen LogP contribution in [0.25, 0.3) is 0 Å². The first-order chi connectivity index (χ1) is 7.99. The number of halogens is 1. The van der Waals surface area contributed by atoms with Crippen LogP contribution < -0.4 is 5.32 Å². The van der Waals surface area contributed by atoms with Gasteiger partial charge in [-0.25, -0.2) is 4.39 Å². The second-order valence-electron chi connectivity index (χ2n) is 5.00. The number of aliphatic hydroxyl groups excluding tert-OH is 1. The summed E-state index contributed by atoms with van der Waals surface area (Å²) in [4.78, 5) is 0. The smallest absolute Gasteiger partial charge is 0.126 e. The van der Waals surface area contributed by atoms with E-state index >= 15 is 0 Å². The molecule has 0 amide bonds. The first kappa shape index (κ1) is 14.1. The van der Waals surface area contributed by atoms with Crippen LogP contribution in [0.4, 0.5) is 4.39 Å². The van der Waals surface area contributed by atoms with E-state index in [1.807, 2.05) is 6.07 Å². The third-order valence-electron chi connectivity index (χ3n) is 2.69. The summed E-state index contributed by atoms with van der Waals surface area (Å²) in [5, 5.41) is 12.8. The fourth-order valence-corrected chi connectivity index (χ4v) is 1.76. The van der Waals surface area contributed by atoms with Gasteiger partial charge in [-0.1, -0.05) is 26.0 Å². The maximum atomic E-state index is 13.3. The van der Waals surface area contributed by atoms with Crippen molar-refractivity contribution in [3.05, 3.63) is 35.1 Å². The Morgan fingerprint density at radius 2 is 2.06 bits per heavy atom. The fourth-order valence-electron chi connectivity index (χ4n) is 1.76. The van der Waals surface area contributed by atoms with Crippen molar-refractivity contribution in [1.29, 1.82) is 0 Å². The third-order valence-corrected chi connectivity index (χ3v) is 2.69. The predicted molar refractivity (Wildman–Crippen MR) is 68.3 cm³/mol. The van der Waals surface area contributed by atoms with E-state index in [0.29, 0.717) is 24.6 Å². The Balaban J connectivity index is 2.33. The molecule has 17 heavy (non-hydrogen) atoms. The molecule has 0 heterocycles. The summed E-state index contributed by atoms with van der Waals surface area (Å²) in [6.45, 7) is 7.05. The second kappa shape index (κ2) is 6.72. The van der Waals surface area contributed by atoms with Gasteiger partial charge < -0.3 is 10.4 Å². The maximum absolute atomic E-state index is 13.3. The van der Waals surface area contributed by atoms with Crippen molar-refractivity contribution in [2.24, 2.45) is 5.92 Å². The number of hydrogen-bond donors (Lipinski definition) is 2. The monoisotopic (exact) mass is 239 g/mol. The molecule has 0 spiro atoms. The number of nitrogens with one attached hydrogen (secondary N) is 1. The summed E-state index contributed by atoms with van der Waals surface area (Å²) < 4.78 is 13.3. The first-order valence-electron chi connectivity index (χ1n) is 6.13. The topological polar surface area (TPSA) is 32.3 Å². The van der Waals surface area contributed by atoms with Crippen molar-refractivity contribution in [1.82, 2.24) is 5.32 Å². The van der Waals surface area contributed by atoms with E-state index in [4.69, 9.17) is 0 Å². The van der Waals surface area contributed by atoms with Crippen molar-refractivity contribution in [2.45, 2.75) is 39.8 Å². The van der Waals surface area contributed by atoms with Crippen molar-refractivity contribution in [3.63, 3.8) is 0 Å². The molecule has 1 aromatic rings. The Morgan fingerprint density at radius 3 is 2.65 bits per heavy atom. The van der Waals surface area contributed by atoms with E-state index in [9.17, 15) is 9.50 Å². The molecule has 3 heteroatoms. The SMILES string of the molecule is Cc1ccc(CNCC(O)CC(C)C)cc1F. The maximum Gasteiger partial charge on any atom is 0.126 e. The minimum absolute atomic E-state index is 0.174. The molecule has 0 aliphatic heterocycles. The molecule has 0 bridgehead atoms. The zero-order valence-corrected chi connectivity index (χ0v) is 10.8. The molecular weight excluding hydrogens is 217 g/mol. The van der Waals surface area contributed by atoms with Crippen molar-refractivity contribution in [2.75, 3.05) is 6.54 Å². The second-order valence-corrected chi connectivity index (χ2v) is 5.00. The van der Waals surface area contributed by atoms with E-state index in [0.717, 1.165) is 12.0 Å². The van der Waals surface area contributed by atoms with Crippen LogP contribution >= 0.6 is 0 Å². The highest BCUT2D eigenvalue weighted by atomic mass is 19.1. The van der Waals surface area contributed by atoms with Gasteiger partial charge in [0.1, 0.15) is 5.82 Å². The van der Waals surface area contributed by atoms with Gasteiger partial charge in [0.2, 0.25) is 0 Å². The van der Waals surface area contributed by atoms with Gasteiger partial charge in [-0.2, -0.15) is 0 Å². The highest BCUT2D eigenvalue weighted by molar-refractivity contribution is 5.23. The third kappa shape index (κ3) is 5.29. The van der Waals surface area contributed by atoms with Crippen molar-refractivity contribution in [3.8, 4) is 0 Å². The molecule has 1 aromatic carbocycles. The molecule has 96 valence electrons. The number of hydrogen-bond acceptors (Lipinski definition) is 2. The molecule has 1 rings (SSSR count). The van der Waals surface area contributed by atoms with Crippen LogP contribution in [0, 0.1) is 18.7 Å². The Hall–Kier alpha value is -0.930. The minimum Gasteiger partial charge on any atom is -0.392 e. The van der Waals surface area contributed by atoms with Crippen LogP contribution in [0.3, 0.4) is 0 Å². The molecule has 2 N–H and O–H groups in total. The summed E-state index contributed by atoms with van der Waals surface area (Å²) in [5.74, 6) is 0.315. The van der Waals surface area contributed by atoms with Crippen molar-refractivity contribution >= 4 is 0 Å². The molecule has 0 saturated heterocycles. The lowest BCUT2D eigenvalue weighted by molar-refractivity contribution is 0.146. The van der Waals surface area contributed by atoms with Crippen LogP contribution in [-0.4, -0.2) is 17.8 Å². The minimum atomic E-state index is -0.328. The van der Waals surface area contributed by atoms with Gasteiger partial charge in [0, 0.05) is 13.1 Å². The van der Waals surface area contributed by atoms with E-state index in [-0.39, 0.29) is 11.9 Å². The Bertz CT molecular complexity index is 352. The summed E-state index contributed by atoms with van der Waals surface area (Å²) in [6.07, 6.45) is 0.459. The molecule has 0 aliphatic carbocycles. The molecule has 0 radical (unpaired) electrons. The lowest BCUT2D eigenvalue weighted by atomic mass is 10.1. The van der Waals surface area contributed by atoms with Gasteiger partial charge in [-0.3, -0.25) is 0 Å². The number of aliphatic hydroxyl groups is 1. The van der Waals surface area contributed by atoms with Gasteiger partial charge in [0.25, 0.3) is 0 Å². The summed E-state index contributed by atoms with van der Waals surface area (Å²) in [6, 6.07) is 5.22. The molecule has 0 saturated carbocycles. The standard InChI is InChI=1S/C14H22FNO/c1-10(2)6-13(17)9-16-8-12-5-4-11(3)14(15)7-12/h4-5,7,10,13,16-17H,6,8-9H2,1-3H3. The Kier molecular flexibility index (Phi) is 5.59. The summed E-state index contributed by atoms with van der Waals surface area (Å²) >= 11 is 0. The molecule has 0 aromatic heterocycles. The average molecular weight is 239 g/mol. The molecule has 0 aliphatic rings. The molecule has 2 nitrogen and oxygen atoms in total. The highest BCUT2D eigenvalue weighted by Crippen LogP contribution is 2.09. The van der Waals surface area contributed by atoms with Crippen LogP contribution in [0.1, 0.15) is 31.4 Å². The van der Waals surface area contributed by atoms with Gasteiger partial charge in [0.15, 0.2) is 0 Å². The largest absolute Gasteiger partial charge is 0.392 e. The zero-order valence-electron chi connectivity index (χ0n) is 10.8. The summed E-state index contributed by atoms with van der Waals surface area (Å²) in [5.41, 5.74) is 1.57. The van der Waals surface area contributed by atoms with E-state index in [1.165, 1.54) is 6.07 Å². The quantitative estimate of drug-likeness (QED) is 0.800. The number of benzene rings is 1. The molecule has 1 unspecified atom stereocenters. The van der Waals surface area contributed by atoms with Crippen LogP contribution in [0.2, 0.25) is 0 Å². The summed E-state index contributed by atoms with van der Waals surface area (Å²) in [7, 11) is 0. The van der Waals surface area contributed by atoms with E-state index in [2.05, 4.69) is 19.2 Å². The van der Waals surface area contributed by atoms with Crippen molar-refractivity contribution < 1.29 is 9.50 Å². The fraction of sp³-hybridized carbons (Fsp3) is 0.571. The lowest BCUT2D eigenvalue weighted by Gasteiger charge is -2.14. The lowest BCUT2D eigenvalue weighted by Crippen LogP contribution is -2.27. The van der Waals surface area contributed by atoms with E-state index in [1.54, 1.807) is 13.0 Å². The van der Waals surface area contributed by atoms with E-state index < -0.39 is 0 Å². The van der Waals surface area contributed by atoms with Crippen LogP contribution in [0.15, 0.2) is 18.2 Å². The molecule has 1 atom stereocenters. The average Bonchev–Trinajstić information content (AvgIpc) is 2.22. The molecular formula is C14H22FNO. The Labute approximate surface area is 103 Å². The number of aryl methyl sites for hydroxylation is 1. The van der Waals surface area contributed by atoms with Gasteiger partial charge in [0.05, 0.1) is 6.10 Å². The zero-order chi connectivity index (χ0) is 12.8. The van der Waals surface area contributed by atoms with Gasteiger partial charge in [-0.15, -0.1) is 0 Å². The normalized spacial score (nSPS) is 13.1. The first-order valence-corrected chi connectivity index (χ1v) is 6.13. The van der Waals surface area contributed by atoms with Crippen LogP contribution in [0.5, 0.6) is 0 Å². The number of rotatable bonds is 6. The molecule has 0 fully saturated rings. The Morgan fingerprint density at radius 1 is 1.35 bits per heavy atom. The predicted octanol–water partition coefficient (Wildman–Crippen LogP) is 2.63.